The van der Waals surface area contributed by atoms with Crippen LogP contribution in [0.5, 0.6) is 0 Å². The van der Waals surface area contributed by atoms with E-state index < -0.39 is 22.4 Å². The molecule has 0 radical (unpaired) electrons. The van der Waals surface area contributed by atoms with Crippen LogP contribution >= 0.6 is 0 Å². The van der Waals surface area contributed by atoms with Crippen LogP contribution in [0.15, 0.2) is 24.3 Å². The van der Waals surface area contributed by atoms with Crippen LogP contribution in [0.4, 0.5) is 0 Å². The molecule has 2 aromatic rings. The van der Waals surface area contributed by atoms with E-state index in [9.17, 15) is 18.0 Å². The highest BCUT2D eigenvalue weighted by atomic mass is 32.2. The monoisotopic (exact) mass is 472 g/mol. The topological polar surface area (TPSA) is 93.6 Å². The molecule has 2 heterocycles. The fourth-order valence-electron chi connectivity index (χ4n) is 5.07. The third-order valence-electron chi connectivity index (χ3n) is 6.99. The first kappa shape index (κ1) is 23.7. The van der Waals surface area contributed by atoms with E-state index in [4.69, 9.17) is 9.72 Å². The fourth-order valence-corrected chi connectivity index (χ4v) is 6.78. The van der Waals surface area contributed by atoms with Crippen LogP contribution in [0.25, 0.3) is 10.9 Å². The first-order chi connectivity index (χ1) is 15.7. The van der Waals surface area contributed by atoms with E-state index in [-0.39, 0.29) is 29.5 Å². The Kier molecular flexibility index (Phi) is 6.75. The Hall–Kier alpha value is -2.48. The van der Waals surface area contributed by atoms with Crippen LogP contribution in [0, 0.1) is 5.92 Å². The molecule has 1 aromatic carbocycles. The molecule has 2 aliphatic rings. The minimum absolute atomic E-state index is 0.0303. The lowest BCUT2D eigenvalue weighted by molar-refractivity contribution is -0.138. The zero-order chi connectivity index (χ0) is 23.8. The predicted octanol–water partition coefficient (Wildman–Crippen LogP) is 3.33. The van der Waals surface area contributed by atoms with Crippen molar-refractivity contribution in [3.8, 4) is 0 Å². The van der Waals surface area contributed by atoms with Gasteiger partial charge >= 0.3 is 5.97 Å². The minimum Gasteiger partial charge on any atom is -0.452 e. The first-order valence-electron chi connectivity index (χ1n) is 11.8. The lowest BCUT2D eigenvalue weighted by Gasteiger charge is -2.33. The van der Waals surface area contributed by atoms with Crippen molar-refractivity contribution in [1.82, 2.24) is 9.88 Å². The molecule has 178 valence electrons. The van der Waals surface area contributed by atoms with E-state index in [2.05, 4.69) is 6.92 Å². The van der Waals surface area contributed by atoms with Gasteiger partial charge in [-0.15, -0.1) is 0 Å². The molecule has 1 amide bonds. The van der Waals surface area contributed by atoms with Crippen molar-refractivity contribution in [3.05, 3.63) is 41.1 Å². The van der Waals surface area contributed by atoms with Crippen molar-refractivity contribution < 1.29 is 22.7 Å². The van der Waals surface area contributed by atoms with Crippen molar-refractivity contribution in [2.45, 2.75) is 65.0 Å². The molecule has 0 N–H and O–H groups in total. The van der Waals surface area contributed by atoms with Crippen molar-refractivity contribution in [3.63, 3.8) is 0 Å². The number of hydrogen-bond donors (Lipinski definition) is 0. The van der Waals surface area contributed by atoms with Crippen molar-refractivity contribution in [2.24, 2.45) is 5.92 Å². The SMILES string of the molecule is CCC(C)N(C(=O)COC(=O)c1c2c(nc3ccccc13)CCC(C)C2)C1CCS(=O)(=O)C1. The van der Waals surface area contributed by atoms with Gasteiger partial charge in [-0.25, -0.2) is 13.2 Å². The van der Waals surface area contributed by atoms with Gasteiger partial charge in [0.05, 0.1) is 22.6 Å². The van der Waals surface area contributed by atoms with Crippen molar-refractivity contribution in [2.75, 3.05) is 18.1 Å². The van der Waals surface area contributed by atoms with Gasteiger partial charge in [0.2, 0.25) is 0 Å². The highest BCUT2D eigenvalue weighted by molar-refractivity contribution is 7.91. The number of esters is 1. The number of para-hydroxylation sites is 1. The van der Waals surface area contributed by atoms with Gasteiger partial charge in [0.15, 0.2) is 16.4 Å². The summed E-state index contributed by atoms with van der Waals surface area (Å²) in [5, 5.41) is 0.739. The first-order valence-corrected chi connectivity index (χ1v) is 13.6. The second kappa shape index (κ2) is 9.41. The number of pyridine rings is 1. The molecule has 7 nitrogen and oxygen atoms in total. The zero-order valence-corrected chi connectivity index (χ0v) is 20.4. The van der Waals surface area contributed by atoms with Gasteiger partial charge < -0.3 is 9.64 Å². The summed E-state index contributed by atoms with van der Waals surface area (Å²) in [6.45, 7) is 5.62. The second-order valence-corrected chi connectivity index (χ2v) is 11.7. The Morgan fingerprint density at radius 3 is 2.70 bits per heavy atom. The number of benzene rings is 1. The van der Waals surface area contributed by atoms with Gasteiger partial charge in [0, 0.05) is 23.2 Å². The Balaban J connectivity index is 1.58. The number of sulfone groups is 1. The average Bonchev–Trinajstić information content (AvgIpc) is 3.14. The number of rotatable bonds is 6. The number of hydrogen-bond acceptors (Lipinski definition) is 6. The summed E-state index contributed by atoms with van der Waals surface area (Å²) in [5.74, 6) is -0.364. The van der Waals surface area contributed by atoms with Gasteiger partial charge in [0.1, 0.15) is 0 Å². The van der Waals surface area contributed by atoms with Crippen molar-refractivity contribution >= 4 is 32.6 Å². The molecule has 33 heavy (non-hydrogen) atoms. The van der Waals surface area contributed by atoms with Crippen LogP contribution in [-0.2, 0) is 32.2 Å². The summed E-state index contributed by atoms with van der Waals surface area (Å²) < 4.78 is 29.6. The summed E-state index contributed by atoms with van der Waals surface area (Å²) in [4.78, 5) is 32.8. The average molecular weight is 473 g/mol. The van der Waals surface area contributed by atoms with E-state index in [0.29, 0.717) is 24.3 Å². The third-order valence-corrected chi connectivity index (χ3v) is 8.74. The molecule has 1 aliphatic heterocycles. The predicted molar refractivity (Wildman–Crippen MR) is 127 cm³/mol. The molecule has 1 saturated heterocycles. The maximum atomic E-state index is 13.3. The summed E-state index contributed by atoms with van der Waals surface area (Å²) in [5.41, 5.74) is 3.11. The molecular formula is C25H32N2O5S. The highest BCUT2D eigenvalue weighted by Crippen LogP contribution is 2.32. The Morgan fingerprint density at radius 1 is 1.24 bits per heavy atom. The minimum atomic E-state index is -3.14. The Bertz CT molecular complexity index is 1180. The Morgan fingerprint density at radius 2 is 2.00 bits per heavy atom. The van der Waals surface area contributed by atoms with E-state index in [1.807, 2.05) is 38.1 Å². The Labute approximate surface area is 195 Å². The van der Waals surface area contributed by atoms with Gasteiger partial charge in [0.25, 0.3) is 5.91 Å². The summed E-state index contributed by atoms with van der Waals surface area (Å²) in [6.07, 6.45) is 3.71. The fraction of sp³-hybridized carbons (Fsp3) is 0.560. The van der Waals surface area contributed by atoms with Gasteiger partial charge in [-0.3, -0.25) is 9.78 Å². The molecule has 1 aromatic heterocycles. The van der Waals surface area contributed by atoms with E-state index in [1.165, 1.54) is 0 Å². The summed E-state index contributed by atoms with van der Waals surface area (Å²) in [7, 11) is -3.14. The molecule has 1 fully saturated rings. The molecule has 0 saturated carbocycles. The second-order valence-electron chi connectivity index (χ2n) is 9.47. The van der Waals surface area contributed by atoms with E-state index in [0.717, 1.165) is 41.4 Å². The van der Waals surface area contributed by atoms with E-state index in [1.54, 1.807) is 4.90 Å². The van der Waals surface area contributed by atoms with Gasteiger partial charge in [-0.05, 0) is 56.6 Å². The van der Waals surface area contributed by atoms with Gasteiger partial charge in [-0.1, -0.05) is 32.0 Å². The number of fused-ring (bicyclic) bond motifs is 2. The van der Waals surface area contributed by atoms with Crippen LogP contribution in [0.1, 0.15) is 61.6 Å². The van der Waals surface area contributed by atoms with Gasteiger partial charge in [-0.2, -0.15) is 0 Å². The quantitative estimate of drug-likeness (QED) is 0.599. The normalized spacial score (nSPS) is 22.5. The molecule has 3 unspecified atom stereocenters. The number of amides is 1. The molecule has 0 spiro atoms. The van der Waals surface area contributed by atoms with Crippen LogP contribution in [0.2, 0.25) is 0 Å². The van der Waals surface area contributed by atoms with Crippen LogP contribution < -0.4 is 0 Å². The number of carbonyl (C=O) groups is 2. The number of ether oxygens (including phenoxy) is 1. The van der Waals surface area contributed by atoms with Crippen LogP contribution in [-0.4, -0.2) is 60.4 Å². The number of aromatic nitrogens is 1. The molecule has 1 aliphatic carbocycles. The number of aryl methyl sites for hydroxylation is 1. The van der Waals surface area contributed by atoms with Crippen molar-refractivity contribution in [1.29, 1.82) is 0 Å². The number of nitrogens with zero attached hydrogens (tertiary/aromatic N) is 2. The number of carbonyl (C=O) groups excluding carboxylic acids is 2. The largest absolute Gasteiger partial charge is 0.452 e. The maximum absolute atomic E-state index is 13.3. The molecule has 8 heteroatoms. The third kappa shape index (κ3) is 4.90. The molecule has 3 atom stereocenters. The summed E-state index contributed by atoms with van der Waals surface area (Å²) in [6, 6.07) is 7.02. The standard InChI is InChI=1S/C25H32N2O5S/c1-4-17(3)27(18-11-12-33(30,31)15-18)23(28)14-32-25(29)24-19-7-5-6-8-21(19)26-22-10-9-16(2)13-20(22)24/h5-8,16-18H,4,9-15H2,1-3H3. The van der Waals surface area contributed by atoms with Crippen LogP contribution in [0.3, 0.4) is 0 Å². The smallest absolute Gasteiger partial charge is 0.339 e. The lowest BCUT2D eigenvalue weighted by atomic mass is 9.84. The molecule has 4 rings (SSSR count). The van der Waals surface area contributed by atoms with E-state index >= 15 is 0 Å². The summed E-state index contributed by atoms with van der Waals surface area (Å²) >= 11 is 0. The lowest BCUT2D eigenvalue weighted by Crippen LogP contribution is -2.48. The zero-order valence-electron chi connectivity index (χ0n) is 19.5. The maximum Gasteiger partial charge on any atom is 0.339 e. The molecular weight excluding hydrogens is 440 g/mol. The highest BCUT2D eigenvalue weighted by Gasteiger charge is 2.37. The molecule has 0 bridgehead atoms.